The van der Waals surface area contributed by atoms with Gasteiger partial charge in [0, 0.05) is 23.9 Å². The van der Waals surface area contributed by atoms with Gasteiger partial charge in [0.1, 0.15) is 17.4 Å². The Morgan fingerprint density at radius 2 is 2.05 bits per heavy atom. The van der Waals surface area contributed by atoms with E-state index in [9.17, 15) is 0 Å². The molecule has 0 bridgehead atoms. The molecule has 1 aromatic carbocycles. The maximum atomic E-state index is 9.16. The number of nitrogen functional groups attached to an aromatic ring is 1. The number of hydrogen-bond acceptors (Lipinski definition) is 4. The zero-order valence-electron chi connectivity index (χ0n) is 11.7. The highest BCUT2D eigenvalue weighted by Gasteiger charge is 2.09. The Bertz CT molecular complexity index is 659. The number of hydrogen-bond donors (Lipinski definition) is 1. The molecule has 0 spiro atoms. The number of ether oxygens (including phenoxy) is 1. The molecule has 2 N–H and O–H groups in total. The van der Waals surface area contributed by atoms with Crippen molar-refractivity contribution in [2.45, 2.75) is 20.3 Å². The van der Waals surface area contributed by atoms with Crippen LogP contribution >= 0.6 is 0 Å². The van der Waals surface area contributed by atoms with Gasteiger partial charge in [-0.1, -0.05) is 18.2 Å². The maximum absolute atomic E-state index is 9.16. The molecule has 0 amide bonds. The van der Waals surface area contributed by atoms with Gasteiger partial charge in [-0.2, -0.15) is 5.26 Å². The standard InChI is InChI=1S/C16H17N3O/c1-11-9-16(14(10-17)12(2)19-11)20-8-7-13-5-3-4-6-15(13)18/h3-6,9H,7-8,18H2,1-2H3. The van der Waals surface area contributed by atoms with Gasteiger partial charge in [-0.15, -0.1) is 0 Å². The van der Waals surface area contributed by atoms with E-state index in [4.69, 9.17) is 15.7 Å². The Kier molecular flexibility index (Phi) is 4.21. The summed E-state index contributed by atoms with van der Waals surface area (Å²) in [4.78, 5) is 4.26. The molecule has 0 saturated heterocycles. The zero-order valence-corrected chi connectivity index (χ0v) is 11.7. The van der Waals surface area contributed by atoms with Gasteiger partial charge in [-0.25, -0.2) is 0 Å². The van der Waals surface area contributed by atoms with E-state index in [0.717, 1.165) is 16.9 Å². The molecule has 1 aromatic heterocycles. The first-order valence-electron chi connectivity index (χ1n) is 6.46. The smallest absolute Gasteiger partial charge is 0.140 e. The molecule has 0 radical (unpaired) electrons. The molecular weight excluding hydrogens is 250 g/mol. The number of nitriles is 1. The van der Waals surface area contributed by atoms with Crippen LogP contribution in [0.5, 0.6) is 5.75 Å². The average Bonchev–Trinajstić information content (AvgIpc) is 2.40. The highest BCUT2D eigenvalue weighted by Crippen LogP contribution is 2.21. The van der Waals surface area contributed by atoms with Crippen molar-refractivity contribution in [1.29, 1.82) is 5.26 Å². The third-order valence-electron chi connectivity index (χ3n) is 3.09. The molecule has 102 valence electrons. The second kappa shape index (κ2) is 6.07. The highest BCUT2D eigenvalue weighted by molar-refractivity contribution is 5.47. The van der Waals surface area contributed by atoms with Gasteiger partial charge >= 0.3 is 0 Å². The quantitative estimate of drug-likeness (QED) is 0.864. The summed E-state index contributed by atoms with van der Waals surface area (Å²) >= 11 is 0. The zero-order chi connectivity index (χ0) is 14.5. The SMILES string of the molecule is Cc1cc(OCCc2ccccc2N)c(C#N)c(C)n1. The lowest BCUT2D eigenvalue weighted by molar-refractivity contribution is 0.320. The number of aryl methyl sites for hydroxylation is 2. The van der Waals surface area contributed by atoms with E-state index < -0.39 is 0 Å². The third kappa shape index (κ3) is 3.07. The second-order valence-electron chi connectivity index (χ2n) is 4.63. The fourth-order valence-corrected chi connectivity index (χ4v) is 2.08. The molecular formula is C16H17N3O. The molecule has 4 nitrogen and oxygen atoms in total. The first-order chi connectivity index (χ1) is 9.61. The Balaban J connectivity index is 2.09. The first-order valence-corrected chi connectivity index (χ1v) is 6.46. The molecule has 0 atom stereocenters. The summed E-state index contributed by atoms with van der Waals surface area (Å²) in [5.74, 6) is 0.590. The number of rotatable bonds is 4. The van der Waals surface area contributed by atoms with E-state index in [1.165, 1.54) is 0 Å². The van der Waals surface area contributed by atoms with E-state index >= 15 is 0 Å². The molecule has 2 rings (SSSR count). The molecule has 0 aliphatic rings. The maximum Gasteiger partial charge on any atom is 0.140 e. The van der Waals surface area contributed by atoms with Crippen LogP contribution in [0.3, 0.4) is 0 Å². The molecule has 1 heterocycles. The highest BCUT2D eigenvalue weighted by atomic mass is 16.5. The Hall–Kier alpha value is -2.54. The van der Waals surface area contributed by atoms with Crippen molar-refractivity contribution in [2.75, 3.05) is 12.3 Å². The predicted molar refractivity (Wildman–Crippen MR) is 78.5 cm³/mol. The van der Waals surface area contributed by atoms with Gasteiger partial charge in [0.15, 0.2) is 0 Å². The Morgan fingerprint density at radius 1 is 1.30 bits per heavy atom. The normalized spacial score (nSPS) is 10.1. The van der Waals surface area contributed by atoms with Gasteiger partial charge < -0.3 is 10.5 Å². The van der Waals surface area contributed by atoms with E-state index in [0.29, 0.717) is 30.0 Å². The minimum atomic E-state index is 0.478. The van der Waals surface area contributed by atoms with Crippen LogP contribution in [0.25, 0.3) is 0 Å². The molecule has 0 aliphatic heterocycles. The fourth-order valence-electron chi connectivity index (χ4n) is 2.08. The lowest BCUT2D eigenvalue weighted by atomic mass is 10.1. The van der Waals surface area contributed by atoms with Crippen molar-refractivity contribution in [3.63, 3.8) is 0 Å². The molecule has 0 aliphatic carbocycles. The van der Waals surface area contributed by atoms with Crippen LogP contribution in [0.1, 0.15) is 22.5 Å². The van der Waals surface area contributed by atoms with Crippen molar-refractivity contribution in [3.05, 3.63) is 52.8 Å². The van der Waals surface area contributed by atoms with E-state index in [-0.39, 0.29) is 0 Å². The number of para-hydroxylation sites is 1. The van der Waals surface area contributed by atoms with Crippen LogP contribution in [0, 0.1) is 25.2 Å². The topological polar surface area (TPSA) is 71.9 Å². The van der Waals surface area contributed by atoms with Crippen molar-refractivity contribution in [1.82, 2.24) is 4.98 Å². The molecule has 0 saturated carbocycles. The van der Waals surface area contributed by atoms with Crippen LogP contribution in [-0.2, 0) is 6.42 Å². The van der Waals surface area contributed by atoms with Gasteiger partial charge in [-0.3, -0.25) is 4.98 Å². The van der Waals surface area contributed by atoms with Crippen LogP contribution in [0.2, 0.25) is 0 Å². The summed E-state index contributed by atoms with van der Waals surface area (Å²) < 4.78 is 5.73. The second-order valence-corrected chi connectivity index (χ2v) is 4.63. The first kappa shape index (κ1) is 13.9. The summed E-state index contributed by atoms with van der Waals surface area (Å²) in [5, 5.41) is 9.16. The Morgan fingerprint density at radius 3 is 2.75 bits per heavy atom. The number of benzene rings is 1. The third-order valence-corrected chi connectivity index (χ3v) is 3.09. The van der Waals surface area contributed by atoms with Crippen LogP contribution < -0.4 is 10.5 Å². The van der Waals surface area contributed by atoms with Crippen molar-refractivity contribution < 1.29 is 4.74 Å². The monoisotopic (exact) mass is 267 g/mol. The number of nitrogens with zero attached hydrogens (tertiary/aromatic N) is 2. The number of anilines is 1. The van der Waals surface area contributed by atoms with Crippen molar-refractivity contribution >= 4 is 5.69 Å². The van der Waals surface area contributed by atoms with Gasteiger partial charge in [0.05, 0.1) is 12.3 Å². The Labute approximate surface area is 118 Å². The van der Waals surface area contributed by atoms with Crippen LogP contribution in [-0.4, -0.2) is 11.6 Å². The van der Waals surface area contributed by atoms with Gasteiger partial charge in [-0.05, 0) is 25.5 Å². The molecule has 20 heavy (non-hydrogen) atoms. The lowest BCUT2D eigenvalue weighted by Crippen LogP contribution is -2.06. The lowest BCUT2D eigenvalue weighted by Gasteiger charge is -2.11. The summed E-state index contributed by atoms with van der Waals surface area (Å²) in [5.41, 5.74) is 9.73. The number of pyridine rings is 1. The van der Waals surface area contributed by atoms with Crippen molar-refractivity contribution in [2.24, 2.45) is 0 Å². The average molecular weight is 267 g/mol. The molecule has 4 heteroatoms. The van der Waals surface area contributed by atoms with Crippen LogP contribution in [0.4, 0.5) is 5.69 Å². The number of nitrogens with two attached hydrogens (primary N) is 1. The van der Waals surface area contributed by atoms with Crippen molar-refractivity contribution in [3.8, 4) is 11.8 Å². The number of aromatic nitrogens is 1. The van der Waals surface area contributed by atoms with E-state index in [1.807, 2.05) is 38.1 Å². The molecule has 0 fully saturated rings. The summed E-state index contributed by atoms with van der Waals surface area (Å²) in [6.07, 6.45) is 0.706. The van der Waals surface area contributed by atoms with Crippen LogP contribution in [0.15, 0.2) is 30.3 Å². The summed E-state index contributed by atoms with van der Waals surface area (Å²) in [6.45, 7) is 4.18. The molecule has 2 aromatic rings. The summed E-state index contributed by atoms with van der Waals surface area (Å²) in [6, 6.07) is 11.6. The predicted octanol–water partition coefficient (Wildman–Crippen LogP) is 2.77. The van der Waals surface area contributed by atoms with E-state index in [1.54, 1.807) is 6.07 Å². The molecule has 0 unspecified atom stereocenters. The summed E-state index contributed by atoms with van der Waals surface area (Å²) in [7, 11) is 0. The van der Waals surface area contributed by atoms with Gasteiger partial charge in [0.2, 0.25) is 0 Å². The van der Waals surface area contributed by atoms with Gasteiger partial charge in [0.25, 0.3) is 0 Å². The minimum Gasteiger partial charge on any atom is -0.492 e. The largest absolute Gasteiger partial charge is 0.492 e. The van der Waals surface area contributed by atoms with E-state index in [2.05, 4.69) is 11.1 Å². The fraction of sp³-hybridized carbons (Fsp3) is 0.250. The minimum absolute atomic E-state index is 0.478.